The van der Waals surface area contributed by atoms with Gasteiger partial charge in [0, 0.05) is 13.8 Å². The Balaban J connectivity index is 1.78. The fraction of sp³-hybridized carbons (Fsp3) is 0.333. The molecule has 0 aromatic heterocycles. The Morgan fingerprint density at radius 2 is 1.58 bits per heavy atom. The van der Waals surface area contributed by atoms with Crippen molar-refractivity contribution in [3.63, 3.8) is 0 Å². The smallest absolute Gasteiger partial charge is 0.334 e. The molecule has 1 heterocycles. The largest absolute Gasteiger partial charge is 0.422 e. The lowest BCUT2D eigenvalue weighted by atomic mass is 9.95. The molecular weight excluding hydrogens is 244 g/mol. The third-order valence-electron chi connectivity index (χ3n) is 3.37. The zero-order valence-electron chi connectivity index (χ0n) is 10.8. The molecule has 0 amide bonds. The van der Waals surface area contributed by atoms with E-state index in [0.717, 1.165) is 11.1 Å². The Labute approximate surface area is 111 Å². The summed E-state index contributed by atoms with van der Waals surface area (Å²) in [5, 5.41) is 0. The molecule has 1 aromatic carbocycles. The predicted molar refractivity (Wildman–Crippen MR) is 66.9 cm³/mol. The van der Waals surface area contributed by atoms with E-state index in [1.807, 2.05) is 30.3 Å². The zero-order valence-corrected chi connectivity index (χ0v) is 10.8. The van der Waals surface area contributed by atoms with Crippen LogP contribution in [0.25, 0.3) is 0 Å². The summed E-state index contributed by atoms with van der Waals surface area (Å²) in [7, 11) is 0. The highest BCUT2D eigenvalue weighted by molar-refractivity contribution is 6.12. The Morgan fingerprint density at radius 1 is 1.00 bits per heavy atom. The van der Waals surface area contributed by atoms with Crippen molar-refractivity contribution in [1.29, 1.82) is 0 Å². The summed E-state index contributed by atoms with van der Waals surface area (Å²) in [5.41, 5.74) is 0.547. The van der Waals surface area contributed by atoms with E-state index in [1.54, 1.807) is 19.9 Å². The summed E-state index contributed by atoms with van der Waals surface area (Å²) in [6.45, 7) is 3.10. The second-order valence-electron chi connectivity index (χ2n) is 5.32. The van der Waals surface area contributed by atoms with Crippen LogP contribution in [0.2, 0.25) is 0 Å². The third kappa shape index (κ3) is 1.84. The van der Waals surface area contributed by atoms with E-state index in [1.165, 1.54) is 0 Å². The maximum absolute atomic E-state index is 12.0. The van der Waals surface area contributed by atoms with Crippen LogP contribution < -0.4 is 0 Å². The maximum Gasteiger partial charge on any atom is 0.334 e. The topological polar surface area (TPSA) is 52.6 Å². The van der Waals surface area contributed by atoms with Crippen LogP contribution in [0.4, 0.5) is 0 Å². The van der Waals surface area contributed by atoms with Gasteiger partial charge in [-0.3, -0.25) is 9.59 Å². The van der Waals surface area contributed by atoms with Gasteiger partial charge >= 0.3 is 11.9 Å². The quantitative estimate of drug-likeness (QED) is 0.462. The number of hydrogen-bond acceptors (Lipinski definition) is 4. The van der Waals surface area contributed by atoms with Crippen LogP contribution in [-0.2, 0) is 25.5 Å². The van der Waals surface area contributed by atoms with Crippen molar-refractivity contribution >= 4 is 11.9 Å². The van der Waals surface area contributed by atoms with Crippen LogP contribution in [0.5, 0.6) is 0 Å². The normalized spacial score (nSPS) is 22.5. The number of cyclic esters (lactones) is 2. The second kappa shape index (κ2) is 3.70. The van der Waals surface area contributed by atoms with Gasteiger partial charge in [-0.25, -0.2) is 0 Å². The Kier molecular flexibility index (Phi) is 2.33. The molecule has 0 radical (unpaired) electrons. The lowest BCUT2D eigenvalue weighted by molar-refractivity contribution is -0.241. The van der Waals surface area contributed by atoms with Gasteiger partial charge in [-0.2, -0.15) is 0 Å². The van der Waals surface area contributed by atoms with Crippen molar-refractivity contribution in [1.82, 2.24) is 0 Å². The van der Waals surface area contributed by atoms with E-state index in [2.05, 4.69) is 0 Å². The van der Waals surface area contributed by atoms with E-state index in [4.69, 9.17) is 9.47 Å². The van der Waals surface area contributed by atoms with Gasteiger partial charge in [-0.1, -0.05) is 36.4 Å². The van der Waals surface area contributed by atoms with Crippen molar-refractivity contribution in [2.24, 2.45) is 5.41 Å². The van der Waals surface area contributed by atoms with Crippen LogP contribution in [0.3, 0.4) is 0 Å². The summed E-state index contributed by atoms with van der Waals surface area (Å²) in [5.74, 6) is -2.23. The molecule has 1 saturated heterocycles. The minimum atomic E-state index is -1.26. The van der Waals surface area contributed by atoms with Gasteiger partial charge in [0.1, 0.15) is 0 Å². The van der Waals surface area contributed by atoms with Gasteiger partial charge in [0.25, 0.3) is 5.79 Å². The van der Waals surface area contributed by atoms with Gasteiger partial charge in [0.2, 0.25) is 5.41 Å². The number of esters is 2. The molecule has 1 aromatic rings. The van der Waals surface area contributed by atoms with E-state index >= 15 is 0 Å². The van der Waals surface area contributed by atoms with Gasteiger partial charge in [0.15, 0.2) is 0 Å². The van der Waals surface area contributed by atoms with Crippen LogP contribution >= 0.6 is 0 Å². The van der Waals surface area contributed by atoms with E-state index in [9.17, 15) is 9.59 Å². The van der Waals surface area contributed by atoms with Gasteiger partial charge in [-0.15, -0.1) is 0 Å². The molecule has 1 spiro atoms. The van der Waals surface area contributed by atoms with Crippen molar-refractivity contribution in [3.8, 4) is 0 Å². The molecule has 1 aliphatic carbocycles. The summed E-state index contributed by atoms with van der Waals surface area (Å²) in [4.78, 5) is 24.1. The number of ether oxygens (including phenoxy) is 2. The predicted octanol–water partition coefficient (Wildman–Crippen LogP) is 1.99. The highest BCUT2D eigenvalue weighted by Crippen LogP contribution is 2.51. The first kappa shape index (κ1) is 12.0. The minimum Gasteiger partial charge on any atom is -0.422 e. The molecule has 0 atom stereocenters. The molecule has 3 rings (SSSR count). The van der Waals surface area contributed by atoms with Crippen molar-refractivity contribution in [3.05, 3.63) is 47.5 Å². The first-order valence-corrected chi connectivity index (χ1v) is 6.17. The summed E-state index contributed by atoms with van der Waals surface area (Å²) in [6.07, 6.45) is 2.20. The molecule has 19 heavy (non-hydrogen) atoms. The van der Waals surface area contributed by atoms with E-state index < -0.39 is 23.1 Å². The molecule has 0 bridgehead atoms. The first-order valence-electron chi connectivity index (χ1n) is 6.17. The Hall–Kier alpha value is -2.10. The fourth-order valence-corrected chi connectivity index (χ4v) is 2.32. The molecule has 2 aliphatic rings. The average molecular weight is 258 g/mol. The lowest BCUT2D eigenvalue weighted by Gasteiger charge is -2.33. The highest BCUT2D eigenvalue weighted by Gasteiger charge is 2.64. The van der Waals surface area contributed by atoms with Crippen molar-refractivity contribution in [2.45, 2.75) is 26.1 Å². The Morgan fingerprint density at radius 3 is 2.16 bits per heavy atom. The number of rotatable bonds is 2. The monoisotopic (exact) mass is 258 g/mol. The van der Waals surface area contributed by atoms with E-state index in [0.29, 0.717) is 6.42 Å². The Bertz CT molecular complexity index is 563. The SMILES string of the molecule is CC1(C)OC(=O)C2(C=C2Cc2ccccc2)C(=O)O1. The average Bonchev–Trinajstić information content (AvgIpc) is 3.03. The fourth-order valence-electron chi connectivity index (χ4n) is 2.32. The maximum atomic E-state index is 12.0. The molecule has 1 fully saturated rings. The molecule has 1 aliphatic heterocycles. The molecule has 0 unspecified atom stereocenters. The molecule has 4 heteroatoms. The third-order valence-corrected chi connectivity index (χ3v) is 3.37. The standard InChI is InChI=1S/C15H14O4/c1-14(2)18-12(16)15(13(17)19-14)9-11(15)8-10-6-4-3-5-7-10/h3-7,9H,8H2,1-2H3. The molecule has 0 saturated carbocycles. The zero-order chi connectivity index (χ0) is 13.7. The van der Waals surface area contributed by atoms with Crippen molar-refractivity contribution in [2.75, 3.05) is 0 Å². The molecule has 4 nitrogen and oxygen atoms in total. The number of carbonyl (C=O) groups excluding carboxylic acids is 2. The van der Waals surface area contributed by atoms with Crippen molar-refractivity contribution < 1.29 is 19.1 Å². The van der Waals surface area contributed by atoms with Crippen LogP contribution in [-0.4, -0.2) is 17.7 Å². The number of carbonyl (C=O) groups is 2. The van der Waals surface area contributed by atoms with Gasteiger partial charge < -0.3 is 9.47 Å². The van der Waals surface area contributed by atoms with Gasteiger partial charge in [-0.05, 0) is 17.6 Å². The molecular formula is C15H14O4. The second-order valence-corrected chi connectivity index (χ2v) is 5.32. The van der Waals surface area contributed by atoms with E-state index in [-0.39, 0.29) is 0 Å². The number of hydrogen-bond donors (Lipinski definition) is 0. The van der Waals surface area contributed by atoms with Crippen LogP contribution in [0, 0.1) is 5.41 Å². The number of benzene rings is 1. The van der Waals surface area contributed by atoms with Crippen LogP contribution in [0.15, 0.2) is 42.0 Å². The lowest BCUT2D eigenvalue weighted by Crippen LogP contribution is -2.49. The molecule has 98 valence electrons. The summed E-state index contributed by atoms with van der Waals surface area (Å²) < 4.78 is 10.3. The summed E-state index contributed by atoms with van der Waals surface area (Å²) >= 11 is 0. The highest BCUT2D eigenvalue weighted by atomic mass is 16.7. The molecule has 0 N–H and O–H groups in total. The van der Waals surface area contributed by atoms with Gasteiger partial charge in [0.05, 0.1) is 0 Å². The minimum absolute atomic E-state index is 0.528. The van der Waals surface area contributed by atoms with Crippen LogP contribution in [0.1, 0.15) is 19.4 Å². The first-order chi connectivity index (χ1) is 8.94. The summed E-state index contributed by atoms with van der Waals surface area (Å²) in [6, 6.07) is 9.68.